The first-order valence-corrected chi connectivity index (χ1v) is 7.76. The Balaban J connectivity index is 2.19. The zero-order chi connectivity index (χ0) is 14.4. The van der Waals surface area contributed by atoms with Crippen LogP contribution in [0.5, 0.6) is 0 Å². The highest BCUT2D eigenvalue weighted by Gasteiger charge is 2.27. The third-order valence-corrected chi connectivity index (χ3v) is 3.98. The first-order valence-electron chi connectivity index (χ1n) is 7.76. The Morgan fingerprint density at radius 2 is 2.30 bits per heavy atom. The van der Waals surface area contributed by atoms with Gasteiger partial charge in [0.25, 0.3) is 5.91 Å². The molecule has 20 heavy (non-hydrogen) atoms. The molecule has 4 heteroatoms. The van der Waals surface area contributed by atoms with Crippen LogP contribution in [0.15, 0.2) is 18.5 Å². The van der Waals surface area contributed by atoms with Crippen LogP contribution in [0.2, 0.25) is 0 Å². The molecule has 0 aliphatic carbocycles. The lowest BCUT2D eigenvalue weighted by Crippen LogP contribution is -2.43. The number of amides is 1. The largest absolute Gasteiger partial charge is 0.383 e. The van der Waals surface area contributed by atoms with Gasteiger partial charge in [-0.25, -0.2) is 0 Å². The molecule has 4 nitrogen and oxygen atoms in total. The van der Waals surface area contributed by atoms with Crippen molar-refractivity contribution in [3.63, 3.8) is 0 Å². The van der Waals surface area contributed by atoms with Crippen molar-refractivity contribution in [1.29, 1.82) is 0 Å². The molecule has 1 aliphatic heterocycles. The summed E-state index contributed by atoms with van der Waals surface area (Å²) in [4.78, 5) is 19.0. The van der Waals surface area contributed by atoms with E-state index in [0.717, 1.165) is 50.0 Å². The van der Waals surface area contributed by atoms with Crippen molar-refractivity contribution in [3.8, 4) is 0 Å². The summed E-state index contributed by atoms with van der Waals surface area (Å²) in [5.74, 6) is 0.151. The van der Waals surface area contributed by atoms with Crippen molar-refractivity contribution >= 4 is 11.6 Å². The number of nitrogens with one attached hydrogen (secondary N) is 1. The normalized spacial score (nSPS) is 18.9. The van der Waals surface area contributed by atoms with Crippen molar-refractivity contribution in [2.45, 2.75) is 52.0 Å². The summed E-state index contributed by atoms with van der Waals surface area (Å²) in [6.45, 7) is 6.03. The number of nitrogens with zero attached hydrogens (tertiary/aromatic N) is 2. The molecule has 1 aromatic heterocycles. The molecular formula is C16H25N3O. The van der Waals surface area contributed by atoms with E-state index >= 15 is 0 Å². The summed E-state index contributed by atoms with van der Waals surface area (Å²) in [6.07, 6.45) is 9.01. The zero-order valence-corrected chi connectivity index (χ0v) is 12.6. The predicted octanol–water partition coefficient (Wildman–Crippen LogP) is 3.31. The highest BCUT2D eigenvalue weighted by atomic mass is 16.2. The fourth-order valence-corrected chi connectivity index (χ4v) is 2.83. The number of hydrogen-bond donors (Lipinski definition) is 1. The van der Waals surface area contributed by atoms with E-state index in [0.29, 0.717) is 6.04 Å². The van der Waals surface area contributed by atoms with Gasteiger partial charge in [0.1, 0.15) is 0 Å². The summed E-state index contributed by atoms with van der Waals surface area (Å²) < 4.78 is 0. The molecule has 1 aromatic rings. The molecule has 2 rings (SSSR count). The number of carbonyl (C=O) groups is 1. The fourth-order valence-electron chi connectivity index (χ4n) is 2.83. The first kappa shape index (κ1) is 14.8. The molecule has 0 bridgehead atoms. The van der Waals surface area contributed by atoms with Gasteiger partial charge in [-0.05, 0) is 38.2 Å². The number of likely N-dealkylation sites (tertiary alicyclic amines) is 1. The molecule has 1 atom stereocenters. The van der Waals surface area contributed by atoms with Crippen molar-refractivity contribution in [1.82, 2.24) is 9.88 Å². The average Bonchev–Trinajstić information content (AvgIpc) is 2.52. The van der Waals surface area contributed by atoms with Gasteiger partial charge >= 0.3 is 0 Å². The summed E-state index contributed by atoms with van der Waals surface area (Å²) in [5.41, 5.74) is 1.62. The quantitative estimate of drug-likeness (QED) is 0.896. The van der Waals surface area contributed by atoms with E-state index in [-0.39, 0.29) is 5.91 Å². The highest BCUT2D eigenvalue weighted by molar-refractivity contribution is 5.99. The average molecular weight is 275 g/mol. The molecule has 0 saturated carbocycles. The maximum absolute atomic E-state index is 12.8. The van der Waals surface area contributed by atoms with Gasteiger partial charge in [0.2, 0.25) is 0 Å². The van der Waals surface area contributed by atoms with Gasteiger partial charge in [0.05, 0.1) is 17.4 Å². The minimum Gasteiger partial charge on any atom is -0.383 e. The van der Waals surface area contributed by atoms with E-state index in [1.807, 2.05) is 6.07 Å². The molecule has 1 saturated heterocycles. The van der Waals surface area contributed by atoms with Gasteiger partial charge in [-0.3, -0.25) is 9.78 Å². The van der Waals surface area contributed by atoms with E-state index in [2.05, 4.69) is 29.0 Å². The van der Waals surface area contributed by atoms with Gasteiger partial charge in [-0.2, -0.15) is 0 Å². The Labute approximate surface area is 121 Å². The Morgan fingerprint density at radius 1 is 1.45 bits per heavy atom. The Morgan fingerprint density at radius 3 is 3.05 bits per heavy atom. The topological polar surface area (TPSA) is 45.2 Å². The Hall–Kier alpha value is -1.58. The van der Waals surface area contributed by atoms with Crippen LogP contribution < -0.4 is 5.32 Å². The number of aromatic nitrogens is 1. The van der Waals surface area contributed by atoms with Crippen LogP contribution in [0.3, 0.4) is 0 Å². The van der Waals surface area contributed by atoms with Gasteiger partial charge < -0.3 is 10.2 Å². The molecule has 1 amide bonds. The molecule has 2 heterocycles. The van der Waals surface area contributed by atoms with Crippen molar-refractivity contribution in [3.05, 3.63) is 24.0 Å². The van der Waals surface area contributed by atoms with Crippen LogP contribution in [-0.4, -0.2) is 34.9 Å². The predicted molar refractivity (Wildman–Crippen MR) is 82.0 cm³/mol. The second kappa shape index (κ2) is 7.27. The SMILES string of the molecule is CCCNc1cnccc1C(=O)N1CCCCC1CC. The lowest BCUT2D eigenvalue weighted by atomic mass is 9.99. The van der Waals surface area contributed by atoms with Gasteiger partial charge in [-0.15, -0.1) is 0 Å². The van der Waals surface area contributed by atoms with Crippen molar-refractivity contribution in [2.75, 3.05) is 18.4 Å². The number of piperidine rings is 1. The summed E-state index contributed by atoms with van der Waals surface area (Å²) in [6, 6.07) is 2.23. The van der Waals surface area contributed by atoms with Crippen LogP contribution in [0.1, 0.15) is 56.3 Å². The number of anilines is 1. The number of carbonyl (C=O) groups excluding carboxylic acids is 1. The monoisotopic (exact) mass is 275 g/mol. The third kappa shape index (κ3) is 3.30. The number of pyridine rings is 1. The molecule has 0 radical (unpaired) electrons. The molecule has 1 aliphatic rings. The van der Waals surface area contributed by atoms with Gasteiger partial charge in [-0.1, -0.05) is 13.8 Å². The standard InChI is InChI=1S/C16H25N3O/c1-3-9-18-15-12-17-10-8-14(15)16(20)19-11-6-5-7-13(19)4-2/h8,10,12-13,18H,3-7,9,11H2,1-2H3. The van der Waals surface area contributed by atoms with E-state index in [1.54, 1.807) is 12.4 Å². The number of hydrogen-bond acceptors (Lipinski definition) is 3. The molecular weight excluding hydrogens is 250 g/mol. The maximum atomic E-state index is 12.8. The minimum absolute atomic E-state index is 0.151. The Bertz CT molecular complexity index is 447. The first-order chi connectivity index (χ1) is 9.77. The molecule has 110 valence electrons. The van der Waals surface area contributed by atoms with E-state index in [1.165, 1.54) is 6.42 Å². The third-order valence-electron chi connectivity index (χ3n) is 3.98. The van der Waals surface area contributed by atoms with E-state index < -0.39 is 0 Å². The van der Waals surface area contributed by atoms with E-state index in [9.17, 15) is 4.79 Å². The summed E-state index contributed by atoms with van der Waals surface area (Å²) >= 11 is 0. The van der Waals surface area contributed by atoms with Crippen LogP contribution in [0, 0.1) is 0 Å². The maximum Gasteiger partial charge on any atom is 0.256 e. The van der Waals surface area contributed by atoms with Crippen molar-refractivity contribution in [2.24, 2.45) is 0 Å². The zero-order valence-electron chi connectivity index (χ0n) is 12.6. The van der Waals surface area contributed by atoms with Crippen LogP contribution in [0.4, 0.5) is 5.69 Å². The van der Waals surface area contributed by atoms with Crippen LogP contribution in [0.25, 0.3) is 0 Å². The highest BCUT2D eigenvalue weighted by Crippen LogP contribution is 2.24. The molecule has 0 spiro atoms. The summed E-state index contributed by atoms with van der Waals surface area (Å²) in [7, 11) is 0. The van der Waals surface area contributed by atoms with E-state index in [4.69, 9.17) is 0 Å². The molecule has 1 unspecified atom stereocenters. The van der Waals surface area contributed by atoms with Crippen LogP contribution in [-0.2, 0) is 0 Å². The van der Waals surface area contributed by atoms with Gasteiger partial charge in [0.15, 0.2) is 0 Å². The fraction of sp³-hybridized carbons (Fsp3) is 0.625. The molecule has 1 fully saturated rings. The smallest absolute Gasteiger partial charge is 0.256 e. The van der Waals surface area contributed by atoms with Crippen molar-refractivity contribution < 1.29 is 4.79 Å². The lowest BCUT2D eigenvalue weighted by Gasteiger charge is -2.35. The minimum atomic E-state index is 0.151. The summed E-state index contributed by atoms with van der Waals surface area (Å²) in [5, 5.41) is 3.31. The molecule has 1 N–H and O–H groups in total. The van der Waals surface area contributed by atoms with Gasteiger partial charge in [0, 0.05) is 25.3 Å². The van der Waals surface area contributed by atoms with Crippen LogP contribution >= 0.6 is 0 Å². The lowest BCUT2D eigenvalue weighted by molar-refractivity contribution is 0.0609. The number of rotatable bonds is 5. The second-order valence-electron chi connectivity index (χ2n) is 5.40. The Kier molecular flexibility index (Phi) is 5.39. The molecule has 0 aromatic carbocycles. The second-order valence-corrected chi connectivity index (χ2v) is 5.40.